The van der Waals surface area contributed by atoms with E-state index in [2.05, 4.69) is 0 Å². The molecule has 102 valence electrons. The zero-order valence-corrected chi connectivity index (χ0v) is 10.6. The summed E-state index contributed by atoms with van der Waals surface area (Å²) in [5.74, 6) is -1.64. The van der Waals surface area contributed by atoms with Crippen molar-refractivity contribution in [3.05, 3.63) is 22.2 Å². The van der Waals surface area contributed by atoms with Crippen molar-refractivity contribution in [3.63, 3.8) is 0 Å². The Morgan fingerprint density at radius 2 is 2.11 bits per heavy atom. The van der Waals surface area contributed by atoms with Crippen LogP contribution in [-0.2, 0) is 4.79 Å². The number of aliphatic carboxylic acids is 1. The smallest absolute Gasteiger partial charge is 0.312 e. The minimum absolute atomic E-state index is 0.109. The summed E-state index contributed by atoms with van der Waals surface area (Å²) < 4.78 is 10.8. The van der Waals surface area contributed by atoms with Gasteiger partial charge in [-0.05, 0) is 6.07 Å². The minimum atomic E-state index is -1.09. The predicted molar refractivity (Wildman–Crippen MR) is 67.3 cm³/mol. The number of benzene rings is 1. The number of carboxylic acid groups (broad SMARTS) is 1. The second-order valence-electron chi connectivity index (χ2n) is 3.96. The van der Waals surface area contributed by atoms with Gasteiger partial charge in [-0.1, -0.05) is 11.6 Å². The molecule has 3 N–H and O–H groups in total. The molecule has 0 radical (unpaired) electrons. The molecule has 0 saturated carbocycles. The maximum absolute atomic E-state index is 11.2. The van der Waals surface area contributed by atoms with E-state index >= 15 is 0 Å². The fourth-order valence-electron chi connectivity index (χ4n) is 1.95. The molecule has 0 saturated heterocycles. The number of ether oxygens (including phenoxy) is 2. The topological polar surface area (TPSA) is 98.9 Å². The molecule has 1 aromatic carbocycles. The van der Waals surface area contributed by atoms with Crippen molar-refractivity contribution in [1.82, 2.24) is 0 Å². The molecule has 1 unspecified atom stereocenters. The molecule has 19 heavy (non-hydrogen) atoms. The van der Waals surface area contributed by atoms with Gasteiger partial charge in [-0.15, -0.1) is 0 Å². The van der Waals surface area contributed by atoms with E-state index in [-0.39, 0.29) is 41.8 Å². The Labute approximate surface area is 114 Å². The molecular weight excluding hydrogens is 274 g/mol. The Morgan fingerprint density at radius 3 is 2.63 bits per heavy atom. The van der Waals surface area contributed by atoms with Crippen LogP contribution in [0.25, 0.3) is 0 Å². The van der Waals surface area contributed by atoms with Crippen molar-refractivity contribution in [3.8, 4) is 11.5 Å². The van der Waals surface area contributed by atoms with Gasteiger partial charge in [-0.2, -0.15) is 0 Å². The van der Waals surface area contributed by atoms with Crippen LogP contribution in [-0.4, -0.2) is 37.1 Å². The van der Waals surface area contributed by atoms with Crippen molar-refractivity contribution in [2.24, 2.45) is 5.73 Å². The lowest BCUT2D eigenvalue weighted by Crippen LogP contribution is -2.25. The lowest BCUT2D eigenvalue weighted by atomic mass is 9.96. The zero-order chi connectivity index (χ0) is 14.0. The Kier molecular flexibility index (Phi) is 3.92. The predicted octanol–water partition coefficient (Wildman–Crippen LogP) is 1.05. The van der Waals surface area contributed by atoms with Crippen LogP contribution in [0.3, 0.4) is 0 Å². The van der Waals surface area contributed by atoms with Gasteiger partial charge in [0.25, 0.3) is 0 Å². The fourth-order valence-corrected chi connectivity index (χ4v) is 2.20. The molecule has 1 aromatic rings. The summed E-state index contributed by atoms with van der Waals surface area (Å²) in [5, 5.41) is 9.28. The second-order valence-corrected chi connectivity index (χ2v) is 4.37. The van der Waals surface area contributed by atoms with Gasteiger partial charge < -0.3 is 20.3 Å². The second kappa shape index (κ2) is 5.46. The number of carbonyl (C=O) groups excluding carboxylic acids is 1. The van der Waals surface area contributed by atoms with Crippen LogP contribution in [0.5, 0.6) is 11.5 Å². The number of rotatable bonds is 4. The molecule has 1 aliphatic rings. The number of carboxylic acids is 1. The van der Waals surface area contributed by atoms with Crippen LogP contribution < -0.4 is 15.2 Å². The Hall–Kier alpha value is -1.79. The third-order valence-corrected chi connectivity index (χ3v) is 3.17. The molecule has 7 heteroatoms. The van der Waals surface area contributed by atoms with Crippen molar-refractivity contribution < 1.29 is 24.2 Å². The SMILES string of the molecule is NCC(C(=O)O)c1cc(Cl)c(C=O)c2c1OCCO2. The highest BCUT2D eigenvalue weighted by atomic mass is 35.5. The van der Waals surface area contributed by atoms with E-state index in [9.17, 15) is 9.59 Å². The Morgan fingerprint density at radius 1 is 1.47 bits per heavy atom. The highest BCUT2D eigenvalue weighted by Gasteiger charge is 2.29. The number of nitrogens with two attached hydrogens (primary N) is 1. The van der Waals surface area contributed by atoms with Crippen LogP contribution in [0.15, 0.2) is 6.07 Å². The van der Waals surface area contributed by atoms with E-state index in [1.54, 1.807) is 0 Å². The van der Waals surface area contributed by atoms with Gasteiger partial charge in [-0.25, -0.2) is 0 Å². The lowest BCUT2D eigenvalue weighted by Gasteiger charge is -2.25. The fraction of sp³-hybridized carbons (Fsp3) is 0.333. The van der Waals surface area contributed by atoms with Crippen LogP contribution in [0.4, 0.5) is 0 Å². The van der Waals surface area contributed by atoms with Gasteiger partial charge >= 0.3 is 5.97 Å². The highest BCUT2D eigenvalue weighted by molar-refractivity contribution is 6.33. The maximum atomic E-state index is 11.2. The van der Waals surface area contributed by atoms with Gasteiger partial charge in [0.15, 0.2) is 17.8 Å². The third kappa shape index (κ3) is 2.36. The summed E-state index contributed by atoms with van der Waals surface area (Å²) in [5.41, 5.74) is 5.94. The molecule has 2 rings (SSSR count). The van der Waals surface area contributed by atoms with Crippen LogP contribution in [0, 0.1) is 0 Å². The van der Waals surface area contributed by atoms with Gasteiger partial charge in [-0.3, -0.25) is 9.59 Å². The number of aldehydes is 1. The summed E-state index contributed by atoms with van der Waals surface area (Å²) in [7, 11) is 0. The van der Waals surface area contributed by atoms with Gasteiger partial charge in [0.2, 0.25) is 0 Å². The Balaban J connectivity index is 2.65. The molecule has 0 aromatic heterocycles. The first kappa shape index (κ1) is 13.6. The van der Waals surface area contributed by atoms with E-state index in [4.69, 9.17) is 31.9 Å². The summed E-state index contributed by atoms with van der Waals surface area (Å²) in [6.45, 7) is 0.437. The molecule has 1 heterocycles. The van der Waals surface area contributed by atoms with Crippen LogP contribution in [0.2, 0.25) is 5.02 Å². The minimum Gasteiger partial charge on any atom is -0.486 e. The molecule has 0 amide bonds. The first-order chi connectivity index (χ1) is 9.10. The van der Waals surface area contributed by atoms with E-state index in [0.717, 1.165) is 0 Å². The van der Waals surface area contributed by atoms with Crippen molar-refractivity contribution in [1.29, 1.82) is 0 Å². The number of hydrogen-bond acceptors (Lipinski definition) is 5. The quantitative estimate of drug-likeness (QED) is 0.802. The normalized spacial score (nSPS) is 14.8. The molecule has 0 bridgehead atoms. The zero-order valence-electron chi connectivity index (χ0n) is 9.89. The monoisotopic (exact) mass is 285 g/mol. The van der Waals surface area contributed by atoms with E-state index in [0.29, 0.717) is 11.8 Å². The summed E-state index contributed by atoms with van der Waals surface area (Å²) in [4.78, 5) is 22.2. The van der Waals surface area contributed by atoms with Gasteiger partial charge in [0.05, 0.1) is 16.5 Å². The first-order valence-corrected chi connectivity index (χ1v) is 5.98. The van der Waals surface area contributed by atoms with Crippen molar-refractivity contribution >= 4 is 23.9 Å². The highest BCUT2D eigenvalue weighted by Crippen LogP contribution is 2.43. The largest absolute Gasteiger partial charge is 0.486 e. The first-order valence-electron chi connectivity index (χ1n) is 5.60. The molecule has 0 fully saturated rings. The third-order valence-electron chi connectivity index (χ3n) is 2.86. The molecule has 1 aliphatic heterocycles. The molecule has 0 spiro atoms. The van der Waals surface area contributed by atoms with Crippen LogP contribution in [0.1, 0.15) is 21.8 Å². The summed E-state index contributed by atoms with van der Waals surface area (Å²) in [6.07, 6.45) is 0.553. The Bertz CT molecular complexity index is 531. The number of carbonyl (C=O) groups is 2. The molecular formula is C12H12ClNO5. The number of fused-ring (bicyclic) bond motifs is 1. The number of halogens is 1. The van der Waals surface area contributed by atoms with Crippen LogP contribution >= 0.6 is 11.6 Å². The lowest BCUT2D eigenvalue weighted by molar-refractivity contribution is -0.138. The molecule has 1 atom stereocenters. The number of hydrogen-bond donors (Lipinski definition) is 2. The van der Waals surface area contributed by atoms with Crippen molar-refractivity contribution in [2.45, 2.75) is 5.92 Å². The van der Waals surface area contributed by atoms with E-state index in [1.165, 1.54) is 6.07 Å². The molecule has 6 nitrogen and oxygen atoms in total. The van der Waals surface area contributed by atoms with Gasteiger partial charge in [0, 0.05) is 12.1 Å². The molecule has 0 aliphatic carbocycles. The standard InChI is InChI=1S/C12H12ClNO5/c13-9-3-6(7(4-14)12(16)17)10-11(8(9)5-15)19-2-1-18-10/h3,5,7H,1-2,4,14H2,(H,16,17). The summed E-state index contributed by atoms with van der Waals surface area (Å²) >= 11 is 5.97. The van der Waals surface area contributed by atoms with Crippen molar-refractivity contribution in [2.75, 3.05) is 19.8 Å². The average molecular weight is 286 g/mol. The van der Waals surface area contributed by atoms with E-state index in [1.807, 2.05) is 0 Å². The van der Waals surface area contributed by atoms with Gasteiger partial charge in [0.1, 0.15) is 13.2 Å². The van der Waals surface area contributed by atoms with E-state index < -0.39 is 11.9 Å². The maximum Gasteiger partial charge on any atom is 0.312 e. The average Bonchev–Trinajstić information content (AvgIpc) is 2.39. The summed E-state index contributed by atoms with van der Waals surface area (Å²) in [6, 6.07) is 1.39.